The summed E-state index contributed by atoms with van der Waals surface area (Å²) < 4.78 is 5.48. The molecule has 1 atom stereocenters. The summed E-state index contributed by atoms with van der Waals surface area (Å²) in [5, 5.41) is 3.71. The molecule has 0 bridgehead atoms. The van der Waals surface area contributed by atoms with Crippen molar-refractivity contribution >= 4 is 0 Å². The van der Waals surface area contributed by atoms with Crippen LogP contribution in [0, 0.1) is 5.92 Å². The van der Waals surface area contributed by atoms with Gasteiger partial charge in [-0.3, -0.25) is 0 Å². The lowest BCUT2D eigenvalue weighted by molar-refractivity contribution is 0.340. The van der Waals surface area contributed by atoms with Crippen molar-refractivity contribution < 1.29 is 4.74 Å². The molecule has 1 saturated carbocycles. The quantitative estimate of drug-likeness (QED) is 0.730. The third-order valence-corrected chi connectivity index (χ3v) is 3.83. The molecule has 2 rings (SSSR count). The standard InChI is InChI=1S/C17H27NO/c1-3-13-18-17(15-8-9-15)12-7-14-5-10-16(11-6-14)19-4-2/h5-6,10-11,15,17-18H,3-4,7-9,12-13H2,1-2H3. The van der Waals surface area contributed by atoms with Crippen LogP contribution >= 0.6 is 0 Å². The monoisotopic (exact) mass is 261 g/mol. The Kier molecular flexibility index (Phi) is 5.71. The van der Waals surface area contributed by atoms with Crippen LogP contribution in [-0.4, -0.2) is 19.2 Å². The van der Waals surface area contributed by atoms with Crippen LogP contribution in [0.4, 0.5) is 0 Å². The highest BCUT2D eigenvalue weighted by Gasteiger charge is 2.30. The van der Waals surface area contributed by atoms with Gasteiger partial charge in [-0.25, -0.2) is 0 Å². The van der Waals surface area contributed by atoms with Gasteiger partial charge in [0.25, 0.3) is 0 Å². The second kappa shape index (κ2) is 7.54. The molecule has 0 radical (unpaired) electrons. The Morgan fingerprint density at radius 2 is 1.95 bits per heavy atom. The van der Waals surface area contributed by atoms with Gasteiger partial charge < -0.3 is 10.1 Å². The molecule has 106 valence electrons. The Labute approximate surface area is 117 Å². The van der Waals surface area contributed by atoms with Gasteiger partial charge in [0.1, 0.15) is 5.75 Å². The minimum absolute atomic E-state index is 0.728. The maximum Gasteiger partial charge on any atom is 0.119 e. The fourth-order valence-electron chi connectivity index (χ4n) is 2.57. The van der Waals surface area contributed by atoms with E-state index in [2.05, 4.69) is 36.5 Å². The van der Waals surface area contributed by atoms with Crippen molar-refractivity contribution in [3.8, 4) is 5.75 Å². The van der Waals surface area contributed by atoms with Crippen LogP contribution in [0.15, 0.2) is 24.3 Å². The summed E-state index contributed by atoms with van der Waals surface area (Å²) in [6.07, 6.45) is 6.50. The normalized spacial score (nSPS) is 16.3. The zero-order valence-corrected chi connectivity index (χ0v) is 12.3. The molecule has 1 unspecified atom stereocenters. The Morgan fingerprint density at radius 1 is 1.21 bits per heavy atom. The molecule has 0 saturated heterocycles. The molecule has 1 N–H and O–H groups in total. The third kappa shape index (κ3) is 4.87. The van der Waals surface area contributed by atoms with Crippen molar-refractivity contribution in [2.45, 2.75) is 52.0 Å². The van der Waals surface area contributed by atoms with Crippen LogP contribution < -0.4 is 10.1 Å². The molecule has 0 aliphatic heterocycles. The van der Waals surface area contributed by atoms with Crippen molar-refractivity contribution in [1.82, 2.24) is 5.32 Å². The summed E-state index contributed by atoms with van der Waals surface area (Å²) >= 11 is 0. The van der Waals surface area contributed by atoms with Crippen molar-refractivity contribution in [2.24, 2.45) is 5.92 Å². The Hall–Kier alpha value is -1.02. The number of ether oxygens (including phenoxy) is 1. The van der Waals surface area contributed by atoms with Gasteiger partial charge in [-0.2, -0.15) is 0 Å². The third-order valence-electron chi connectivity index (χ3n) is 3.83. The Balaban J connectivity index is 1.79. The zero-order chi connectivity index (χ0) is 13.5. The summed E-state index contributed by atoms with van der Waals surface area (Å²) in [7, 11) is 0. The van der Waals surface area contributed by atoms with E-state index in [0.29, 0.717) is 0 Å². The number of hydrogen-bond acceptors (Lipinski definition) is 2. The SMILES string of the molecule is CCCNC(CCc1ccc(OCC)cc1)C1CC1. The second-order valence-electron chi connectivity index (χ2n) is 5.51. The number of nitrogens with one attached hydrogen (secondary N) is 1. The van der Waals surface area contributed by atoms with Crippen LogP contribution in [0.5, 0.6) is 5.75 Å². The number of hydrogen-bond donors (Lipinski definition) is 1. The highest BCUT2D eigenvalue weighted by Crippen LogP contribution is 2.34. The highest BCUT2D eigenvalue weighted by atomic mass is 16.5. The molecule has 0 aromatic heterocycles. The van der Waals surface area contributed by atoms with Crippen molar-refractivity contribution in [3.63, 3.8) is 0 Å². The lowest BCUT2D eigenvalue weighted by Crippen LogP contribution is -2.32. The Bertz CT molecular complexity index is 356. The number of rotatable bonds is 9. The average Bonchev–Trinajstić information content (AvgIpc) is 3.25. The van der Waals surface area contributed by atoms with Gasteiger partial charge in [-0.1, -0.05) is 19.1 Å². The molecule has 2 heteroatoms. The lowest BCUT2D eigenvalue weighted by Gasteiger charge is -2.18. The molecule has 0 amide bonds. The van der Waals surface area contributed by atoms with Crippen LogP contribution in [0.25, 0.3) is 0 Å². The molecule has 1 aromatic rings. The zero-order valence-electron chi connectivity index (χ0n) is 12.3. The fraction of sp³-hybridized carbons (Fsp3) is 0.647. The van der Waals surface area contributed by atoms with Gasteiger partial charge in [0.15, 0.2) is 0 Å². The van der Waals surface area contributed by atoms with Crippen LogP contribution in [0.2, 0.25) is 0 Å². The Morgan fingerprint density at radius 3 is 2.53 bits per heavy atom. The van der Waals surface area contributed by atoms with Gasteiger partial charge in [0.05, 0.1) is 6.61 Å². The molecule has 2 nitrogen and oxygen atoms in total. The molecule has 1 aliphatic carbocycles. The van der Waals surface area contributed by atoms with Crippen molar-refractivity contribution in [2.75, 3.05) is 13.2 Å². The van der Waals surface area contributed by atoms with E-state index in [9.17, 15) is 0 Å². The van der Waals surface area contributed by atoms with E-state index in [0.717, 1.165) is 30.9 Å². The van der Waals surface area contributed by atoms with E-state index < -0.39 is 0 Å². The summed E-state index contributed by atoms with van der Waals surface area (Å²) in [5.74, 6) is 1.92. The van der Waals surface area contributed by atoms with Gasteiger partial charge in [0, 0.05) is 6.04 Å². The maximum absolute atomic E-state index is 5.48. The van der Waals surface area contributed by atoms with Gasteiger partial charge in [-0.05, 0) is 69.2 Å². The van der Waals surface area contributed by atoms with Gasteiger partial charge >= 0.3 is 0 Å². The largest absolute Gasteiger partial charge is 0.494 e. The first kappa shape index (κ1) is 14.4. The summed E-state index contributed by atoms with van der Waals surface area (Å²) in [6, 6.07) is 9.31. The van der Waals surface area contributed by atoms with Gasteiger partial charge in [-0.15, -0.1) is 0 Å². The summed E-state index contributed by atoms with van der Waals surface area (Å²) in [5.41, 5.74) is 1.42. The van der Waals surface area contributed by atoms with Crippen LogP contribution in [0.3, 0.4) is 0 Å². The van der Waals surface area contributed by atoms with Crippen LogP contribution in [0.1, 0.15) is 45.1 Å². The lowest BCUT2D eigenvalue weighted by atomic mass is 10.0. The number of aryl methyl sites for hydroxylation is 1. The summed E-state index contributed by atoms with van der Waals surface area (Å²) in [6.45, 7) is 6.16. The highest BCUT2D eigenvalue weighted by molar-refractivity contribution is 5.27. The molecule has 1 fully saturated rings. The molecule has 19 heavy (non-hydrogen) atoms. The molecule has 0 spiro atoms. The summed E-state index contributed by atoms with van der Waals surface area (Å²) in [4.78, 5) is 0. The van der Waals surface area contributed by atoms with E-state index in [-0.39, 0.29) is 0 Å². The first-order valence-electron chi connectivity index (χ1n) is 7.78. The molecular formula is C17H27NO. The van der Waals surface area contributed by atoms with Crippen LogP contribution in [-0.2, 0) is 6.42 Å². The van der Waals surface area contributed by atoms with E-state index in [1.807, 2.05) is 6.92 Å². The molecule has 0 heterocycles. The maximum atomic E-state index is 5.48. The first-order valence-corrected chi connectivity index (χ1v) is 7.78. The predicted octanol–water partition coefficient (Wildman–Crippen LogP) is 3.80. The van der Waals surface area contributed by atoms with E-state index in [4.69, 9.17) is 4.74 Å². The van der Waals surface area contributed by atoms with E-state index >= 15 is 0 Å². The molecule has 1 aliphatic rings. The van der Waals surface area contributed by atoms with Crippen molar-refractivity contribution in [1.29, 1.82) is 0 Å². The fourth-order valence-corrected chi connectivity index (χ4v) is 2.57. The van der Waals surface area contributed by atoms with Crippen molar-refractivity contribution in [3.05, 3.63) is 29.8 Å². The minimum Gasteiger partial charge on any atom is -0.494 e. The average molecular weight is 261 g/mol. The van der Waals surface area contributed by atoms with Gasteiger partial charge in [0.2, 0.25) is 0 Å². The topological polar surface area (TPSA) is 21.3 Å². The minimum atomic E-state index is 0.728. The van der Waals surface area contributed by atoms with E-state index in [1.54, 1.807) is 0 Å². The molecule has 1 aromatic carbocycles. The number of benzene rings is 1. The second-order valence-corrected chi connectivity index (χ2v) is 5.51. The smallest absolute Gasteiger partial charge is 0.119 e. The first-order chi connectivity index (χ1) is 9.33. The predicted molar refractivity (Wildman–Crippen MR) is 80.7 cm³/mol. The van der Waals surface area contributed by atoms with E-state index in [1.165, 1.54) is 37.7 Å². The molecular weight excluding hydrogens is 234 g/mol.